The van der Waals surface area contributed by atoms with E-state index in [1.807, 2.05) is 12.1 Å². The molecule has 0 aliphatic carbocycles. The zero-order valence-electron chi connectivity index (χ0n) is 13.3. The van der Waals surface area contributed by atoms with Crippen molar-refractivity contribution in [3.05, 3.63) is 66.2 Å². The Hall–Kier alpha value is -2.39. The summed E-state index contributed by atoms with van der Waals surface area (Å²) in [7, 11) is -5.38. The van der Waals surface area contributed by atoms with Crippen LogP contribution >= 0.6 is 0 Å². The zero-order valence-corrected chi connectivity index (χ0v) is 14.1. The van der Waals surface area contributed by atoms with Gasteiger partial charge in [0.2, 0.25) is 10.0 Å². The predicted octanol–water partition coefficient (Wildman–Crippen LogP) is 0.779. The molecule has 0 saturated carbocycles. The summed E-state index contributed by atoms with van der Waals surface area (Å²) in [6.07, 6.45) is 0. The number of rotatable bonds is 5. The fraction of sp³-hybridized carbons (Fsp3) is 0.0588. The average Bonchev–Trinajstić information content (AvgIpc) is 2.58. The standard InChI is InChI=1S/C17H17BN2O4S/c19-25(23,24)17-10-4-6-13-14(17)7-3-9-16(13)20-11-12-5-1-2-8-15(12)18(21)22/h1-10,20-22H,11H2,(H2,19,23,24). The van der Waals surface area contributed by atoms with Gasteiger partial charge in [0.1, 0.15) is 0 Å². The topological polar surface area (TPSA) is 113 Å². The molecule has 0 amide bonds. The third-order valence-electron chi connectivity index (χ3n) is 3.99. The number of anilines is 1. The molecule has 3 aromatic rings. The zero-order chi connectivity index (χ0) is 18.0. The Morgan fingerprint density at radius 2 is 1.60 bits per heavy atom. The monoisotopic (exact) mass is 356 g/mol. The molecular weight excluding hydrogens is 339 g/mol. The molecule has 128 valence electrons. The maximum absolute atomic E-state index is 11.8. The fourth-order valence-electron chi connectivity index (χ4n) is 2.82. The van der Waals surface area contributed by atoms with Gasteiger partial charge in [-0.1, -0.05) is 48.5 Å². The molecule has 3 rings (SSSR count). The summed E-state index contributed by atoms with van der Waals surface area (Å²) in [5.74, 6) is 0. The van der Waals surface area contributed by atoms with E-state index in [1.165, 1.54) is 6.07 Å². The molecule has 6 nitrogen and oxygen atoms in total. The van der Waals surface area contributed by atoms with Crippen LogP contribution in [0.2, 0.25) is 0 Å². The van der Waals surface area contributed by atoms with Gasteiger partial charge in [-0.3, -0.25) is 0 Å². The number of nitrogens with two attached hydrogens (primary N) is 1. The molecule has 0 spiro atoms. The van der Waals surface area contributed by atoms with Crippen molar-refractivity contribution < 1.29 is 18.5 Å². The van der Waals surface area contributed by atoms with Gasteiger partial charge in [0.25, 0.3) is 0 Å². The summed E-state index contributed by atoms with van der Waals surface area (Å²) in [6.45, 7) is 0.354. The second-order valence-corrected chi connectivity index (χ2v) is 7.16. The first kappa shape index (κ1) is 17.4. The summed E-state index contributed by atoms with van der Waals surface area (Å²) in [6, 6.07) is 17.2. The molecule has 0 saturated heterocycles. The van der Waals surface area contributed by atoms with Crippen molar-refractivity contribution >= 4 is 39.1 Å². The van der Waals surface area contributed by atoms with Gasteiger partial charge in [-0.15, -0.1) is 0 Å². The number of hydrogen-bond acceptors (Lipinski definition) is 5. The van der Waals surface area contributed by atoms with E-state index in [0.29, 0.717) is 17.4 Å². The van der Waals surface area contributed by atoms with Crippen molar-refractivity contribution in [1.29, 1.82) is 0 Å². The SMILES string of the molecule is NS(=O)(=O)c1cccc2c(NCc3ccccc3B(O)O)cccc12. The minimum absolute atomic E-state index is 0.0693. The van der Waals surface area contributed by atoms with Gasteiger partial charge >= 0.3 is 7.12 Å². The number of hydrogen-bond donors (Lipinski definition) is 4. The lowest BCUT2D eigenvalue weighted by Gasteiger charge is -2.14. The molecule has 5 N–H and O–H groups in total. The highest BCUT2D eigenvalue weighted by molar-refractivity contribution is 7.89. The molecule has 0 unspecified atom stereocenters. The van der Waals surface area contributed by atoms with Crippen molar-refractivity contribution in [2.45, 2.75) is 11.4 Å². The Kier molecular flexibility index (Phi) is 4.78. The second kappa shape index (κ2) is 6.85. The Labute approximate surface area is 146 Å². The minimum atomic E-state index is -3.83. The molecule has 0 fully saturated rings. The molecule has 0 aromatic heterocycles. The van der Waals surface area contributed by atoms with Gasteiger partial charge in [0, 0.05) is 23.0 Å². The lowest BCUT2D eigenvalue weighted by atomic mass is 9.77. The lowest BCUT2D eigenvalue weighted by Crippen LogP contribution is -2.33. The Balaban J connectivity index is 1.99. The molecule has 0 atom stereocenters. The highest BCUT2D eigenvalue weighted by Gasteiger charge is 2.16. The highest BCUT2D eigenvalue weighted by atomic mass is 32.2. The average molecular weight is 356 g/mol. The van der Waals surface area contributed by atoms with Crippen LogP contribution in [0, 0.1) is 0 Å². The van der Waals surface area contributed by atoms with E-state index in [2.05, 4.69) is 5.32 Å². The third-order valence-corrected chi connectivity index (χ3v) is 4.96. The quantitative estimate of drug-likeness (QED) is 0.505. The molecule has 8 heteroatoms. The Morgan fingerprint density at radius 3 is 2.32 bits per heavy atom. The van der Waals surface area contributed by atoms with Crippen LogP contribution in [0.25, 0.3) is 10.8 Å². The summed E-state index contributed by atoms with van der Waals surface area (Å²) < 4.78 is 23.5. The molecule has 0 heterocycles. The van der Waals surface area contributed by atoms with Crippen LogP contribution in [0.1, 0.15) is 5.56 Å². The normalized spacial score (nSPS) is 11.5. The first-order valence-electron chi connectivity index (χ1n) is 7.60. The molecule has 3 aromatic carbocycles. The lowest BCUT2D eigenvalue weighted by molar-refractivity contribution is 0.425. The van der Waals surface area contributed by atoms with E-state index in [0.717, 1.165) is 16.6 Å². The van der Waals surface area contributed by atoms with E-state index in [1.54, 1.807) is 42.5 Å². The highest BCUT2D eigenvalue weighted by Crippen LogP contribution is 2.28. The molecule has 0 radical (unpaired) electrons. The van der Waals surface area contributed by atoms with Gasteiger partial charge in [-0.25, -0.2) is 13.6 Å². The fourth-order valence-corrected chi connectivity index (χ4v) is 3.57. The summed E-state index contributed by atoms with van der Waals surface area (Å²) >= 11 is 0. The second-order valence-electron chi connectivity index (χ2n) is 5.63. The van der Waals surface area contributed by atoms with E-state index in [-0.39, 0.29) is 4.90 Å². The first-order valence-corrected chi connectivity index (χ1v) is 9.15. The third kappa shape index (κ3) is 3.67. The minimum Gasteiger partial charge on any atom is -0.423 e. The largest absolute Gasteiger partial charge is 0.488 e. The van der Waals surface area contributed by atoms with Crippen LogP contribution < -0.4 is 15.9 Å². The number of sulfonamides is 1. The molecule has 0 aliphatic heterocycles. The van der Waals surface area contributed by atoms with Crippen LogP contribution in [-0.2, 0) is 16.6 Å². The number of primary sulfonamides is 1. The number of nitrogens with one attached hydrogen (secondary N) is 1. The summed E-state index contributed by atoms with van der Waals surface area (Å²) in [5, 5.41) is 28.7. The molecular formula is C17H17BN2O4S. The van der Waals surface area contributed by atoms with Crippen LogP contribution in [0.15, 0.2) is 65.6 Å². The maximum Gasteiger partial charge on any atom is 0.488 e. The molecule has 25 heavy (non-hydrogen) atoms. The van der Waals surface area contributed by atoms with Crippen molar-refractivity contribution in [2.75, 3.05) is 5.32 Å². The van der Waals surface area contributed by atoms with Crippen molar-refractivity contribution in [2.24, 2.45) is 5.14 Å². The van der Waals surface area contributed by atoms with E-state index in [4.69, 9.17) is 5.14 Å². The predicted molar refractivity (Wildman–Crippen MR) is 98.9 cm³/mol. The molecule has 0 aliphatic rings. The Morgan fingerprint density at radius 1 is 0.920 bits per heavy atom. The first-order chi connectivity index (χ1) is 11.9. The molecule has 0 bridgehead atoms. The van der Waals surface area contributed by atoms with Crippen molar-refractivity contribution in [3.63, 3.8) is 0 Å². The maximum atomic E-state index is 11.8. The van der Waals surface area contributed by atoms with Gasteiger partial charge < -0.3 is 15.4 Å². The smallest absolute Gasteiger partial charge is 0.423 e. The van der Waals surface area contributed by atoms with Crippen LogP contribution in [-0.4, -0.2) is 25.6 Å². The summed E-state index contributed by atoms with van der Waals surface area (Å²) in [5.41, 5.74) is 1.88. The number of fused-ring (bicyclic) bond motifs is 1. The van der Waals surface area contributed by atoms with E-state index in [9.17, 15) is 18.5 Å². The van der Waals surface area contributed by atoms with Gasteiger partial charge in [-0.05, 0) is 23.2 Å². The van der Waals surface area contributed by atoms with Crippen molar-refractivity contribution in [3.8, 4) is 0 Å². The Bertz CT molecular complexity index is 1020. The van der Waals surface area contributed by atoms with Crippen LogP contribution in [0.4, 0.5) is 5.69 Å². The van der Waals surface area contributed by atoms with Crippen molar-refractivity contribution in [1.82, 2.24) is 0 Å². The van der Waals surface area contributed by atoms with Crippen LogP contribution in [0.3, 0.4) is 0 Å². The van der Waals surface area contributed by atoms with Crippen LogP contribution in [0.5, 0.6) is 0 Å². The van der Waals surface area contributed by atoms with Gasteiger partial charge in [0.05, 0.1) is 4.90 Å². The van der Waals surface area contributed by atoms with E-state index < -0.39 is 17.1 Å². The van der Waals surface area contributed by atoms with Gasteiger partial charge in [-0.2, -0.15) is 0 Å². The summed E-state index contributed by atoms with van der Waals surface area (Å²) in [4.78, 5) is 0.0693. The van der Waals surface area contributed by atoms with Gasteiger partial charge in [0.15, 0.2) is 0 Å². The number of benzene rings is 3. The van der Waals surface area contributed by atoms with E-state index >= 15 is 0 Å².